The molecule has 5 nitrogen and oxygen atoms in total. The van der Waals surface area contributed by atoms with Crippen LogP contribution in [0.3, 0.4) is 0 Å². The maximum absolute atomic E-state index is 12.7. The Labute approximate surface area is 149 Å². The highest BCUT2D eigenvalue weighted by molar-refractivity contribution is 5.78. The Kier molecular flexibility index (Phi) is 5.79. The minimum absolute atomic E-state index is 0.195. The van der Waals surface area contributed by atoms with Crippen LogP contribution in [0.15, 0.2) is 54.9 Å². The van der Waals surface area contributed by atoms with Gasteiger partial charge in [-0.2, -0.15) is 0 Å². The quantitative estimate of drug-likeness (QED) is 0.836. The van der Waals surface area contributed by atoms with E-state index in [0.717, 1.165) is 31.7 Å². The Morgan fingerprint density at radius 1 is 1.20 bits per heavy atom. The summed E-state index contributed by atoms with van der Waals surface area (Å²) in [5.74, 6) is 0.195. The van der Waals surface area contributed by atoms with Gasteiger partial charge in [-0.15, -0.1) is 0 Å². The third-order valence-corrected chi connectivity index (χ3v) is 4.77. The van der Waals surface area contributed by atoms with Crippen LogP contribution in [0.25, 0.3) is 0 Å². The van der Waals surface area contributed by atoms with Crippen molar-refractivity contribution in [3.8, 4) is 0 Å². The highest BCUT2D eigenvalue weighted by atomic mass is 16.2. The molecule has 132 valence electrons. The molecule has 1 aliphatic heterocycles. The number of benzene rings is 1. The lowest BCUT2D eigenvalue weighted by Gasteiger charge is -2.40. The number of hydrogen-bond acceptors (Lipinski definition) is 4. The molecule has 3 rings (SSSR count). The molecule has 1 saturated heterocycles. The fourth-order valence-corrected chi connectivity index (χ4v) is 3.33. The van der Waals surface area contributed by atoms with Crippen molar-refractivity contribution in [2.24, 2.45) is 0 Å². The number of piperazine rings is 1. The first kappa shape index (κ1) is 17.6. The number of likely N-dealkylation sites (N-methyl/N-ethyl adjacent to an activating group) is 2. The topological polar surface area (TPSA) is 39.7 Å². The molecule has 0 aliphatic carbocycles. The third-order valence-electron chi connectivity index (χ3n) is 4.77. The summed E-state index contributed by atoms with van der Waals surface area (Å²) in [5.41, 5.74) is 2.39. The minimum Gasteiger partial charge on any atom is -0.338 e. The molecule has 25 heavy (non-hydrogen) atoms. The van der Waals surface area contributed by atoms with Crippen LogP contribution < -0.4 is 0 Å². The molecule has 0 spiro atoms. The van der Waals surface area contributed by atoms with Crippen molar-refractivity contribution in [1.82, 2.24) is 19.7 Å². The number of carbonyl (C=O) groups excluding carboxylic acids is 1. The zero-order chi connectivity index (χ0) is 17.6. The molecule has 1 aliphatic rings. The van der Waals surface area contributed by atoms with E-state index in [1.165, 1.54) is 5.56 Å². The summed E-state index contributed by atoms with van der Waals surface area (Å²) >= 11 is 0. The van der Waals surface area contributed by atoms with E-state index in [1.807, 2.05) is 36.3 Å². The van der Waals surface area contributed by atoms with Crippen LogP contribution in [-0.2, 0) is 11.3 Å². The van der Waals surface area contributed by atoms with Crippen LogP contribution in [0.4, 0.5) is 0 Å². The van der Waals surface area contributed by atoms with Crippen molar-refractivity contribution in [2.45, 2.75) is 12.6 Å². The lowest BCUT2D eigenvalue weighted by Crippen LogP contribution is -2.51. The summed E-state index contributed by atoms with van der Waals surface area (Å²) in [6.45, 7) is 3.60. The lowest BCUT2D eigenvalue weighted by atomic mass is 10.0. The second-order valence-electron chi connectivity index (χ2n) is 6.78. The summed E-state index contributed by atoms with van der Waals surface area (Å²) in [4.78, 5) is 23.2. The predicted molar refractivity (Wildman–Crippen MR) is 99.0 cm³/mol. The van der Waals surface area contributed by atoms with Gasteiger partial charge < -0.3 is 4.90 Å². The zero-order valence-electron chi connectivity index (χ0n) is 15.0. The van der Waals surface area contributed by atoms with Crippen molar-refractivity contribution in [2.75, 3.05) is 40.3 Å². The van der Waals surface area contributed by atoms with E-state index >= 15 is 0 Å². The second-order valence-corrected chi connectivity index (χ2v) is 6.78. The van der Waals surface area contributed by atoms with Crippen LogP contribution in [0.2, 0.25) is 0 Å². The molecule has 0 bridgehead atoms. The largest absolute Gasteiger partial charge is 0.338 e. The van der Waals surface area contributed by atoms with Gasteiger partial charge in [0.1, 0.15) is 0 Å². The lowest BCUT2D eigenvalue weighted by molar-refractivity contribution is -0.135. The zero-order valence-corrected chi connectivity index (χ0v) is 15.0. The monoisotopic (exact) mass is 338 g/mol. The van der Waals surface area contributed by atoms with E-state index in [9.17, 15) is 4.79 Å². The maximum atomic E-state index is 12.7. The van der Waals surface area contributed by atoms with E-state index in [4.69, 9.17) is 0 Å². The van der Waals surface area contributed by atoms with Gasteiger partial charge in [0.25, 0.3) is 0 Å². The van der Waals surface area contributed by atoms with E-state index in [1.54, 1.807) is 6.20 Å². The van der Waals surface area contributed by atoms with Crippen molar-refractivity contribution in [3.63, 3.8) is 0 Å². The molecule has 1 aromatic carbocycles. The number of pyridine rings is 1. The number of aromatic nitrogens is 1. The number of nitrogens with zero attached hydrogens (tertiary/aromatic N) is 4. The molecule has 2 aromatic rings. The fraction of sp³-hybridized carbons (Fsp3) is 0.400. The molecule has 0 saturated carbocycles. The number of carbonyl (C=O) groups is 1. The first-order chi connectivity index (χ1) is 12.1. The Morgan fingerprint density at radius 3 is 2.72 bits per heavy atom. The Morgan fingerprint density at radius 2 is 2.00 bits per heavy atom. The maximum Gasteiger partial charge on any atom is 0.236 e. The SMILES string of the molecule is CN(CC(=O)N1CCN(C)[C@H](c2ccccc2)C1)Cc1cccnc1. The molecule has 5 heteroatoms. The van der Waals surface area contributed by atoms with Gasteiger partial charge in [-0.3, -0.25) is 19.6 Å². The van der Waals surface area contributed by atoms with Crippen LogP contribution in [0.1, 0.15) is 17.2 Å². The number of hydrogen-bond donors (Lipinski definition) is 0. The summed E-state index contributed by atoms with van der Waals surface area (Å²) in [7, 11) is 4.11. The smallest absolute Gasteiger partial charge is 0.236 e. The van der Waals surface area contributed by atoms with Crippen LogP contribution in [0.5, 0.6) is 0 Å². The fourth-order valence-electron chi connectivity index (χ4n) is 3.33. The highest BCUT2D eigenvalue weighted by Crippen LogP contribution is 2.23. The van der Waals surface area contributed by atoms with Gasteiger partial charge in [0.05, 0.1) is 12.6 Å². The van der Waals surface area contributed by atoms with Gasteiger partial charge in [0.2, 0.25) is 5.91 Å². The van der Waals surface area contributed by atoms with Crippen molar-refractivity contribution < 1.29 is 4.79 Å². The van der Waals surface area contributed by atoms with E-state index in [0.29, 0.717) is 6.54 Å². The molecule has 1 atom stereocenters. The highest BCUT2D eigenvalue weighted by Gasteiger charge is 2.28. The van der Waals surface area contributed by atoms with Gasteiger partial charge in [-0.05, 0) is 31.3 Å². The molecule has 0 N–H and O–H groups in total. The molecule has 1 aromatic heterocycles. The normalized spacial score (nSPS) is 18.5. The summed E-state index contributed by atoms with van der Waals surface area (Å²) in [6, 6.07) is 14.7. The number of rotatable bonds is 5. The van der Waals surface area contributed by atoms with E-state index in [-0.39, 0.29) is 11.9 Å². The van der Waals surface area contributed by atoms with Gasteiger partial charge in [0.15, 0.2) is 0 Å². The molecule has 2 heterocycles. The Hall–Kier alpha value is -2.24. The molecular weight excluding hydrogens is 312 g/mol. The first-order valence-electron chi connectivity index (χ1n) is 8.74. The predicted octanol–water partition coefficient (Wildman–Crippen LogP) is 2.03. The average Bonchev–Trinajstić information content (AvgIpc) is 2.63. The van der Waals surface area contributed by atoms with E-state index in [2.05, 4.69) is 46.1 Å². The Bertz CT molecular complexity index is 677. The minimum atomic E-state index is 0.195. The summed E-state index contributed by atoms with van der Waals surface area (Å²) in [5, 5.41) is 0. The van der Waals surface area contributed by atoms with Gasteiger partial charge in [0, 0.05) is 38.6 Å². The molecule has 1 fully saturated rings. The summed E-state index contributed by atoms with van der Waals surface area (Å²) in [6.07, 6.45) is 3.62. The van der Waals surface area contributed by atoms with Crippen LogP contribution in [0, 0.1) is 0 Å². The Balaban J connectivity index is 1.58. The average molecular weight is 338 g/mol. The van der Waals surface area contributed by atoms with Gasteiger partial charge in [-0.25, -0.2) is 0 Å². The number of amides is 1. The van der Waals surface area contributed by atoms with Crippen molar-refractivity contribution in [1.29, 1.82) is 0 Å². The summed E-state index contributed by atoms with van der Waals surface area (Å²) < 4.78 is 0. The van der Waals surface area contributed by atoms with Crippen LogP contribution in [-0.4, -0.2) is 65.9 Å². The van der Waals surface area contributed by atoms with Crippen molar-refractivity contribution in [3.05, 3.63) is 66.0 Å². The van der Waals surface area contributed by atoms with E-state index < -0.39 is 0 Å². The first-order valence-corrected chi connectivity index (χ1v) is 8.74. The molecule has 0 radical (unpaired) electrons. The molecule has 0 unspecified atom stereocenters. The van der Waals surface area contributed by atoms with Crippen LogP contribution >= 0.6 is 0 Å². The second kappa shape index (κ2) is 8.23. The standard InChI is InChI=1S/C20H26N4O/c1-22(14-17-7-6-10-21-13-17)16-20(25)24-12-11-23(2)19(15-24)18-8-4-3-5-9-18/h3-10,13,19H,11-12,14-16H2,1-2H3/t19-/m0/s1. The molecule has 1 amide bonds. The molecular formula is C20H26N4O. The van der Waals surface area contributed by atoms with Gasteiger partial charge in [-0.1, -0.05) is 36.4 Å². The van der Waals surface area contributed by atoms with Gasteiger partial charge >= 0.3 is 0 Å². The third kappa shape index (κ3) is 4.65. The van der Waals surface area contributed by atoms with Crippen molar-refractivity contribution >= 4 is 5.91 Å².